The van der Waals surface area contributed by atoms with Crippen LogP contribution in [0.5, 0.6) is 0 Å². The molecule has 1 unspecified atom stereocenters. The van der Waals surface area contributed by atoms with Gasteiger partial charge in [-0.05, 0) is 16.7 Å². The standard InChI is InChI=1S/C7H15N7O2S/c1-17(10,15)12-4-2-3-11-7-5(6(8)9)13-16-14-7/h2-4H2,1H3,(H3,8,9)(H,11,14)(H2,10,12,15). The van der Waals surface area contributed by atoms with Gasteiger partial charge in [0.25, 0.3) is 0 Å². The van der Waals surface area contributed by atoms with Crippen molar-refractivity contribution >= 4 is 21.6 Å². The van der Waals surface area contributed by atoms with Crippen molar-refractivity contribution in [3.05, 3.63) is 5.69 Å². The smallest absolute Gasteiger partial charge is 0.202 e. The molecule has 0 aliphatic rings. The molecular formula is C7H15N7O2S. The molecule has 1 atom stereocenters. The predicted octanol–water partition coefficient (Wildman–Crippen LogP) is -0.663. The largest absolute Gasteiger partial charge is 0.382 e. The van der Waals surface area contributed by atoms with E-state index in [1.54, 1.807) is 0 Å². The van der Waals surface area contributed by atoms with Crippen molar-refractivity contribution in [1.29, 1.82) is 10.2 Å². The number of amidine groups is 1. The Kier molecular flexibility index (Phi) is 4.40. The fraction of sp³-hybridized carbons (Fsp3) is 0.571. The van der Waals surface area contributed by atoms with E-state index in [1.165, 1.54) is 6.26 Å². The van der Waals surface area contributed by atoms with Gasteiger partial charge in [0.1, 0.15) is 15.8 Å². The molecular weight excluding hydrogens is 246 g/mol. The second kappa shape index (κ2) is 5.59. The number of nitrogens with two attached hydrogens (primary N) is 1. The Balaban J connectivity index is 2.32. The van der Waals surface area contributed by atoms with Crippen molar-refractivity contribution in [3.63, 3.8) is 0 Å². The lowest BCUT2D eigenvalue weighted by Gasteiger charge is -2.05. The van der Waals surface area contributed by atoms with E-state index in [-0.39, 0.29) is 11.5 Å². The van der Waals surface area contributed by atoms with Crippen LogP contribution in [-0.4, -0.2) is 39.7 Å². The van der Waals surface area contributed by atoms with E-state index in [1.807, 2.05) is 0 Å². The van der Waals surface area contributed by atoms with E-state index in [0.717, 1.165) is 0 Å². The summed E-state index contributed by atoms with van der Waals surface area (Å²) in [5.74, 6) is 0.0789. The van der Waals surface area contributed by atoms with Gasteiger partial charge in [0.05, 0.1) is 0 Å². The van der Waals surface area contributed by atoms with Gasteiger partial charge in [-0.1, -0.05) is 0 Å². The molecule has 0 amide bonds. The first-order valence-corrected chi connectivity index (χ1v) is 6.76. The quantitative estimate of drug-likeness (QED) is 0.249. The summed E-state index contributed by atoms with van der Waals surface area (Å²) in [6, 6.07) is 0. The van der Waals surface area contributed by atoms with Gasteiger partial charge < -0.3 is 11.1 Å². The summed E-state index contributed by atoms with van der Waals surface area (Å²) in [6.07, 6.45) is 1.95. The van der Waals surface area contributed by atoms with Gasteiger partial charge in [-0.25, -0.2) is 18.3 Å². The second-order valence-electron chi connectivity index (χ2n) is 3.39. The van der Waals surface area contributed by atoms with E-state index in [9.17, 15) is 4.21 Å². The first-order chi connectivity index (χ1) is 7.90. The molecule has 96 valence electrons. The van der Waals surface area contributed by atoms with Gasteiger partial charge in [0.15, 0.2) is 5.69 Å². The van der Waals surface area contributed by atoms with Crippen LogP contribution in [0.2, 0.25) is 0 Å². The number of hydrogen-bond donors (Lipinski definition) is 5. The van der Waals surface area contributed by atoms with Crippen molar-refractivity contribution in [2.75, 3.05) is 24.7 Å². The summed E-state index contributed by atoms with van der Waals surface area (Å²) in [5.41, 5.74) is 5.42. The maximum Gasteiger partial charge on any atom is 0.202 e. The molecule has 1 aromatic heterocycles. The van der Waals surface area contributed by atoms with Crippen molar-refractivity contribution in [1.82, 2.24) is 15.0 Å². The fourth-order valence-corrected chi connectivity index (χ4v) is 1.58. The molecule has 9 nitrogen and oxygen atoms in total. The lowest BCUT2D eigenvalue weighted by molar-refractivity contribution is 0.307. The van der Waals surface area contributed by atoms with Crippen LogP contribution in [0.15, 0.2) is 4.63 Å². The topological polar surface area (TPSA) is 154 Å². The zero-order valence-electron chi connectivity index (χ0n) is 9.32. The van der Waals surface area contributed by atoms with E-state index in [4.69, 9.17) is 15.9 Å². The van der Waals surface area contributed by atoms with Crippen LogP contribution in [-0.2, 0) is 9.92 Å². The van der Waals surface area contributed by atoms with Crippen LogP contribution in [0.25, 0.3) is 0 Å². The minimum atomic E-state index is -2.66. The maximum atomic E-state index is 11.0. The Morgan fingerprint density at radius 2 is 2.24 bits per heavy atom. The molecule has 0 saturated heterocycles. The first-order valence-electron chi connectivity index (χ1n) is 4.79. The van der Waals surface area contributed by atoms with Crippen LogP contribution in [0, 0.1) is 10.2 Å². The maximum absolute atomic E-state index is 11.0. The minimum Gasteiger partial charge on any atom is -0.382 e. The third-order valence-corrected chi connectivity index (χ3v) is 2.52. The molecule has 0 radical (unpaired) electrons. The van der Waals surface area contributed by atoms with Gasteiger partial charge in [-0.2, -0.15) is 0 Å². The Labute approximate surface area is 98.7 Å². The molecule has 0 aliphatic heterocycles. The zero-order valence-corrected chi connectivity index (χ0v) is 10.1. The molecule has 17 heavy (non-hydrogen) atoms. The second-order valence-corrected chi connectivity index (χ2v) is 5.37. The fourth-order valence-electron chi connectivity index (χ4n) is 1.04. The van der Waals surface area contributed by atoms with Gasteiger partial charge in [-0.15, -0.1) is 0 Å². The summed E-state index contributed by atoms with van der Waals surface area (Å²) < 4.78 is 25.1. The van der Waals surface area contributed by atoms with E-state index in [0.29, 0.717) is 25.3 Å². The molecule has 0 aliphatic carbocycles. The van der Waals surface area contributed by atoms with Gasteiger partial charge in [-0.3, -0.25) is 5.41 Å². The van der Waals surface area contributed by atoms with Crippen LogP contribution in [0.1, 0.15) is 12.1 Å². The van der Waals surface area contributed by atoms with Gasteiger partial charge >= 0.3 is 0 Å². The van der Waals surface area contributed by atoms with E-state index in [2.05, 4.69) is 25.0 Å². The summed E-state index contributed by atoms with van der Waals surface area (Å²) in [7, 11) is -2.66. The zero-order chi connectivity index (χ0) is 12.9. The normalized spacial score (nSPS) is 14.2. The van der Waals surface area contributed by atoms with Crippen LogP contribution < -0.4 is 15.8 Å². The lowest BCUT2D eigenvalue weighted by Crippen LogP contribution is -2.23. The molecule has 1 aromatic rings. The molecule has 0 saturated carbocycles. The number of anilines is 1. The van der Waals surface area contributed by atoms with E-state index >= 15 is 0 Å². The highest BCUT2D eigenvalue weighted by molar-refractivity contribution is 7.89. The van der Waals surface area contributed by atoms with Crippen LogP contribution in [0.3, 0.4) is 0 Å². The molecule has 10 heteroatoms. The van der Waals surface area contributed by atoms with Crippen molar-refractivity contribution < 1.29 is 8.84 Å². The monoisotopic (exact) mass is 261 g/mol. The molecule has 1 rings (SSSR count). The Morgan fingerprint density at radius 3 is 2.82 bits per heavy atom. The molecule has 0 spiro atoms. The van der Waals surface area contributed by atoms with Crippen molar-refractivity contribution in [3.8, 4) is 0 Å². The molecule has 0 aromatic carbocycles. The van der Waals surface area contributed by atoms with Crippen LogP contribution >= 0.6 is 0 Å². The van der Waals surface area contributed by atoms with Crippen LogP contribution in [0.4, 0.5) is 5.82 Å². The number of nitrogens with one attached hydrogen (secondary N) is 4. The molecule has 6 N–H and O–H groups in total. The highest BCUT2D eigenvalue weighted by Crippen LogP contribution is 2.07. The average molecular weight is 261 g/mol. The summed E-state index contributed by atoms with van der Waals surface area (Å²) >= 11 is 0. The number of rotatable bonds is 7. The molecule has 1 heterocycles. The predicted molar refractivity (Wildman–Crippen MR) is 63.2 cm³/mol. The Morgan fingerprint density at radius 1 is 1.53 bits per heavy atom. The van der Waals surface area contributed by atoms with Crippen molar-refractivity contribution in [2.45, 2.75) is 6.42 Å². The Bertz CT molecular complexity index is 480. The number of nitrogens with zero attached hydrogens (tertiary/aromatic N) is 2. The molecule has 0 bridgehead atoms. The SMILES string of the molecule is CS(=N)(=O)NCCCNc1nonc1C(=N)N. The van der Waals surface area contributed by atoms with Gasteiger partial charge in [0.2, 0.25) is 5.82 Å². The van der Waals surface area contributed by atoms with Gasteiger partial charge in [0, 0.05) is 19.3 Å². The average Bonchev–Trinajstić information content (AvgIpc) is 2.63. The minimum absolute atomic E-state index is 0.165. The van der Waals surface area contributed by atoms with E-state index < -0.39 is 9.92 Å². The first kappa shape index (κ1) is 13.4. The third kappa shape index (κ3) is 4.78. The lowest BCUT2D eigenvalue weighted by atomic mass is 10.3. The summed E-state index contributed by atoms with van der Waals surface area (Å²) in [6.45, 7) is 0.948. The highest BCUT2D eigenvalue weighted by atomic mass is 32.2. The Hall–Kier alpha value is -1.68. The summed E-state index contributed by atoms with van der Waals surface area (Å²) in [4.78, 5) is 0. The number of nitrogen functional groups attached to an aromatic ring is 1. The third-order valence-electron chi connectivity index (χ3n) is 1.77. The van der Waals surface area contributed by atoms with Crippen molar-refractivity contribution in [2.24, 2.45) is 5.73 Å². The number of hydrogen-bond acceptors (Lipinski definition) is 7. The number of aromatic nitrogens is 2. The molecule has 0 fully saturated rings. The highest BCUT2D eigenvalue weighted by Gasteiger charge is 2.11. The summed E-state index contributed by atoms with van der Waals surface area (Å²) in [5, 5.41) is 17.1.